The zero-order chi connectivity index (χ0) is 14.8. The monoisotopic (exact) mass is 272 g/mol. The molecule has 0 amide bonds. The van der Waals surface area contributed by atoms with Crippen LogP contribution in [0.25, 0.3) is 0 Å². The SMILES string of the molecule is CCCC1(CCC)CCc2c(C)cc(CC)cc2C1=O. The highest BCUT2D eigenvalue weighted by Crippen LogP contribution is 2.43. The van der Waals surface area contributed by atoms with Crippen LogP contribution in [-0.2, 0) is 12.8 Å². The minimum absolute atomic E-state index is 0.0741. The van der Waals surface area contributed by atoms with Crippen molar-refractivity contribution in [2.24, 2.45) is 5.41 Å². The van der Waals surface area contributed by atoms with Crippen molar-refractivity contribution in [2.75, 3.05) is 0 Å². The van der Waals surface area contributed by atoms with Crippen molar-refractivity contribution in [3.05, 3.63) is 34.4 Å². The van der Waals surface area contributed by atoms with Gasteiger partial charge in [-0.25, -0.2) is 0 Å². The first kappa shape index (κ1) is 15.3. The lowest BCUT2D eigenvalue weighted by Gasteiger charge is -2.37. The van der Waals surface area contributed by atoms with Gasteiger partial charge in [0.2, 0.25) is 0 Å². The molecule has 1 aromatic carbocycles. The molecule has 1 aromatic rings. The van der Waals surface area contributed by atoms with Crippen LogP contribution in [-0.4, -0.2) is 5.78 Å². The molecule has 1 heteroatoms. The van der Waals surface area contributed by atoms with Gasteiger partial charge in [-0.2, -0.15) is 0 Å². The Balaban J connectivity index is 2.48. The molecule has 0 bridgehead atoms. The van der Waals surface area contributed by atoms with Gasteiger partial charge in [0, 0.05) is 11.0 Å². The van der Waals surface area contributed by atoms with Gasteiger partial charge in [0.1, 0.15) is 0 Å². The third-order valence-electron chi connectivity index (χ3n) is 4.98. The Kier molecular flexibility index (Phi) is 4.67. The molecule has 1 aliphatic carbocycles. The van der Waals surface area contributed by atoms with E-state index in [4.69, 9.17) is 0 Å². The van der Waals surface area contributed by atoms with Gasteiger partial charge in [0.15, 0.2) is 5.78 Å². The predicted molar refractivity (Wildman–Crippen MR) is 85.5 cm³/mol. The number of aryl methyl sites for hydroxylation is 2. The van der Waals surface area contributed by atoms with Crippen molar-refractivity contribution in [3.8, 4) is 0 Å². The zero-order valence-corrected chi connectivity index (χ0v) is 13.5. The molecule has 0 spiro atoms. The van der Waals surface area contributed by atoms with Gasteiger partial charge < -0.3 is 0 Å². The molecule has 20 heavy (non-hydrogen) atoms. The largest absolute Gasteiger partial charge is 0.294 e. The number of carbonyl (C=O) groups excluding carboxylic acids is 1. The summed E-state index contributed by atoms with van der Waals surface area (Å²) in [5.74, 6) is 0.431. The smallest absolute Gasteiger partial charge is 0.169 e. The third-order valence-corrected chi connectivity index (χ3v) is 4.98. The minimum Gasteiger partial charge on any atom is -0.294 e. The van der Waals surface area contributed by atoms with Crippen LogP contribution < -0.4 is 0 Å². The highest BCUT2D eigenvalue weighted by atomic mass is 16.1. The Bertz CT molecular complexity index is 493. The van der Waals surface area contributed by atoms with Gasteiger partial charge in [0.05, 0.1) is 0 Å². The quantitative estimate of drug-likeness (QED) is 0.713. The Hall–Kier alpha value is -1.11. The summed E-state index contributed by atoms with van der Waals surface area (Å²) < 4.78 is 0. The van der Waals surface area contributed by atoms with E-state index in [-0.39, 0.29) is 5.41 Å². The second-order valence-electron chi connectivity index (χ2n) is 6.40. The average Bonchev–Trinajstić information content (AvgIpc) is 2.43. The van der Waals surface area contributed by atoms with Gasteiger partial charge in [0.25, 0.3) is 0 Å². The van der Waals surface area contributed by atoms with E-state index in [2.05, 4.69) is 39.8 Å². The Morgan fingerprint density at radius 3 is 2.30 bits per heavy atom. The second-order valence-corrected chi connectivity index (χ2v) is 6.40. The maximum atomic E-state index is 13.1. The maximum absolute atomic E-state index is 13.1. The molecule has 0 aliphatic heterocycles. The summed E-state index contributed by atoms with van der Waals surface area (Å²) in [6.45, 7) is 8.74. The van der Waals surface area contributed by atoms with Gasteiger partial charge in [-0.05, 0) is 61.8 Å². The van der Waals surface area contributed by atoms with Crippen molar-refractivity contribution in [1.29, 1.82) is 0 Å². The summed E-state index contributed by atoms with van der Waals surface area (Å²) in [6, 6.07) is 4.43. The van der Waals surface area contributed by atoms with Gasteiger partial charge in [-0.1, -0.05) is 39.7 Å². The lowest BCUT2D eigenvalue weighted by atomic mass is 9.65. The topological polar surface area (TPSA) is 17.1 Å². The summed E-state index contributed by atoms with van der Waals surface area (Å²) in [5.41, 5.74) is 4.90. The number of ketones is 1. The average molecular weight is 272 g/mol. The molecule has 0 atom stereocenters. The second kappa shape index (κ2) is 6.11. The molecule has 0 saturated carbocycles. The molecule has 0 saturated heterocycles. The van der Waals surface area contributed by atoms with Crippen LogP contribution in [0.3, 0.4) is 0 Å². The number of hydrogen-bond donors (Lipinski definition) is 0. The van der Waals surface area contributed by atoms with Crippen molar-refractivity contribution in [2.45, 2.75) is 72.6 Å². The minimum atomic E-state index is -0.0741. The van der Waals surface area contributed by atoms with E-state index in [1.807, 2.05) is 0 Å². The number of fused-ring (bicyclic) bond motifs is 1. The molecule has 110 valence electrons. The summed E-state index contributed by atoms with van der Waals surface area (Å²) in [4.78, 5) is 13.1. The van der Waals surface area contributed by atoms with E-state index in [1.165, 1.54) is 16.7 Å². The van der Waals surface area contributed by atoms with Crippen molar-refractivity contribution in [1.82, 2.24) is 0 Å². The first-order chi connectivity index (χ1) is 9.57. The summed E-state index contributed by atoms with van der Waals surface area (Å²) >= 11 is 0. The van der Waals surface area contributed by atoms with Crippen LogP contribution in [0.5, 0.6) is 0 Å². The highest BCUT2D eigenvalue weighted by Gasteiger charge is 2.41. The molecular weight excluding hydrogens is 244 g/mol. The fourth-order valence-electron chi connectivity index (χ4n) is 3.95. The van der Waals surface area contributed by atoms with Crippen molar-refractivity contribution < 1.29 is 4.79 Å². The fourth-order valence-corrected chi connectivity index (χ4v) is 3.95. The molecule has 1 nitrogen and oxygen atoms in total. The molecule has 0 aromatic heterocycles. The van der Waals surface area contributed by atoms with Crippen LogP contribution in [0.4, 0.5) is 0 Å². The number of Topliss-reactive ketones (excluding diaryl/α,β-unsaturated/α-hetero) is 1. The van der Waals surface area contributed by atoms with Crippen molar-refractivity contribution in [3.63, 3.8) is 0 Å². The molecule has 0 heterocycles. The van der Waals surface area contributed by atoms with Crippen LogP contribution in [0.1, 0.15) is 79.9 Å². The number of hydrogen-bond acceptors (Lipinski definition) is 1. The van der Waals surface area contributed by atoms with Crippen LogP contribution in [0, 0.1) is 12.3 Å². The summed E-state index contributed by atoms with van der Waals surface area (Å²) in [7, 11) is 0. The third kappa shape index (κ3) is 2.55. The standard InChI is InChI=1S/C19H28O/c1-5-9-19(10-6-2)11-8-16-14(4)12-15(7-3)13-17(16)18(19)20/h12-13H,5-11H2,1-4H3. The van der Waals surface area contributed by atoms with E-state index in [1.54, 1.807) is 0 Å². The van der Waals surface area contributed by atoms with Gasteiger partial charge >= 0.3 is 0 Å². The number of carbonyl (C=O) groups is 1. The highest BCUT2D eigenvalue weighted by molar-refractivity contribution is 6.03. The zero-order valence-electron chi connectivity index (χ0n) is 13.5. The summed E-state index contributed by atoms with van der Waals surface area (Å²) in [5, 5.41) is 0. The first-order valence-electron chi connectivity index (χ1n) is 8.25. The Morgan fingerprint density at radius 1 is 1.10 bits per heavy atom. The first-order valence-corrected chi connectivity index (χ1v) is 8.25. The number of rotatable bonds is 5. The van der Waals surface area contributed by atoms with E-state index in [0.717, 1.165) is 50.5 Å². The normalized spacial score (nSPS) is 17.1. The molecule has 0 fully saturated rings. The molecular formula is C19H28O. The van der Waals surface area contributed by atoms with Gasteiger partial charge in [-0.15, -0.1) is 0 Å². The lowest BCUT2D eigenvalue weighted by molar-refractivity contribution is 0.0713. The van der Waals surface area contributed by atoms with Crippen LogP contribution in [0.15, 0.2) is 12.1 Å². The molecule has 2 rings (SSSR count). The van der Waals surface area contributed by atoms with Crippen LogP contribution >= 0.6 is 0 Å². The molecule has 0 radical (unpaired) electrons. The maximum Gasteiger partial charge on any atom is 0.169 e. The Morgan fingerprint density at radius 2 is 1.75 bits per heavy atom. The number of benzene rings is 1. The van der Waals surface area contributed by atoms with Crippen LogP contribution in [0.2, 0.25) is 0 Å². The molecule has 0 unspecified atom stereocenters. The van der Waals surface area contributed by atoms with E-state index < -0.39 is 0 Å². The van der Waals surface area contributed by atoms with E-state index in [9.17, 15) is 4.79 Å². The molecule has 0 N–H and O–H groups in total. The fraction of sp³-hybridized carbons (Fsp3) is 0.632. The predicted octanol–water partition coefficient (Wildman–Crippen LogP) is 5.27. The van der Waals surface area contributed by atoms with E-state index in [0.29, 0.717) is 5.78 Å². The Labute approximate surface area is 123 Å². The van der Waals surface area contributed by atoms with Crippen molar-refractivity contribution >= 4 is 5.78 Å². The summed E-state index contributed by atoms with van der Waals surface area (Å²) in [6.07, 6.45) is 7.45. The molecule has 1 aliphatic rings. The van der Waals surface area contributed by atoms with Gasteiger partial charge in [-0.3, -0.25) is 4.79 Å². The van der Waals surface area contributed by atoms with E-state index >= 15 is 0 Å². The lowest BCUT2D eigenvalue weighted by Crippen LogP contribution is -2.36.